The number of allylic oxidation sites excluding steroid dienone is 3. The Morgan fingerprint density at radius 1 is 1.21 bits per heavy atom. The number of aromatic hydroxyl groups is 3. The highest BCUT2D eigenvalue weighted by molar-refractivity contribution is 5.53. The smallest absolute Gasteiger partial charge is 0.126 e. The molecule has 1 aliphatic rings. The zero-order chi connectivity index (χ0) is 14.2. The lowest BCUT2D eigenvalue weighted by Crippen LogP contribution is -2.17. The fraction of sp³-hybridized carbons (Fsp3) is 0.375. The molecule has 0 aromatic heterocycles. The van der Waals surface area contributed by atoms with Crippen LogP contribution in [0.4, 0.5) is 0 Å². The third-order valence-corrected chi connectivity index (χ3v) is 3.83. The van der Waals surface area contributed by atoms with Gasteiger partial charge in [-0.1, -0.05) is 23.8 Å². The van der Waals surface area contributed by atoms with Crippen molar-refractivity contribution in [2.45, 2.75) is 32.6 Å². The molecule has 0 fully saturated rings. The van der Waals surface area contributed by atoms with E-state index in [9.17, 15) is 15.3 Å². The molecule has 3 nitrogen and oxygen atoms in total. The lowest BCUT2D eigenvalue weighted by molar-refractivity contribution is 0.396. The van der Waals surface area contributed by atoms with Crippen LogP contribution in [0.2, 0.25) is 0 Å². The van der Waals surface area contributed by atoms with Crippen LogP contribution in [-0.4, -0.2) is 15.3 Å². The molecule has 0 unspecified atom stereocenters. The van der Waals surface area contributed by atoms with E-state index >= 15 is 0 Å². The minimum Gasteiger partial charge on any atom is -0.508 e. The summed E-state index contributed by atoms with van der Waals surface area (Å²) < 4.78 is 0. The van der Waals surface area contributed by atoms with Gasteiger partial charge in [0.25, 0.3) is 0 Å². The summed E-state index contributed by atoms with van der Waals surface area (Å²) in [6, 6.07) is 2.53. The summed E-state index contributed by atoms with van der Waals surface area (Å²) in [6.45, 7) is 8.04. The van der Waals surface area contributed by atoms with Crippen LogP contribution >= 0.6 is 0 Å². The van der Waals surface area contributed by atoms with Crippen molar-refractivity contribution in [2.75, 3.05) is 0 Å². The van der Waals surface area contributed by atoms with E-state index in [-0.39, 0.29) is 29.1 Å². The van der Waals surface area contributed by atoms with Crippen LogP contribution in [0, 0.1) is 5.92 Å². The fourth-order valence-corrected chi connectivity index (χ4v) is 2.86. The predicted molar refractivity (Wildman–Crippen MR) is 75.5 cm³/mol. The second-order valence-corrected chi connectivity index (χ2v) is 5.43. The molecule has 0 aliphatic heterocycles. The molecule has 0 spiro atoms. The van der Waals surface area contributed by atoms with Crippen molar-refractivity contribution in [1.29, 1.82) is 0 Å². The third-order valence-electron chi connectivity index (χ3n) is 3.83. The van der Waals surface area contributed by atoms with E-state index < -0.39 is 0 Å². The van der Waals surface area contributed by atoms with E-state index in [1.54, 1.807) is 0 Å². The molecule has 0 heterocycles. The van der Waals surface area contributed by atoms with Crippen molar-refractivity contribution in [3.63, 3.8) is 0 Å². The number of phenols is 3. The van der Waals surface area contributed by atoms with Gasteiger partial charge in [-0.15, -0.1) is 0 Å². The van der Waals surface area contributed by atoms with Crippen molar-refractivity contribution < 1.29 is 15.3 Å². The first-order valence-electron chi connectivity index (χ1n) is 6.47. The third kappa shape index (κ3) is 2.60. The van der Waals surface area contributed by atoms with E-state index in [2.05, 4.69) is 19.6 Å². The molecule has 3 N–H and O–H groups in total. The molecule has 0 radical (unpaired) electrons. The average molecular weight is 260 g/mol. The number of benzene rings is 1. The first-order valence-corrected chi connectivity index (χ1v) is 6.47. The van der Waals surface area contributed by atoms with Crippen molar-refractivity contribution in [3.8, 4) is 17.2 Å². The van der Waals surface area contributed by atoms with Crippen LogP contribution in [0.1, 0.15) is 38.2 Å². The molecule has 2 atom stereocenters. The van der Waals surface area contributed by atoms with Crippen LogP contribution < -0.4 is 0 Å². The Labute approximate surface area is 113 Å². The Morgan fingerprint density at radius 2 is 1.79 bits per heavy atom. The summed E-state index contributed by atoms with van der Waals surface area (Å²) in [7, 11) is 0. The van der Waals surface area contributed by atoms with Crippen molar-refractivity contribution in [2.24, 2.45) is 5.92 Å². The molecule has 0 bridgehead atoms. The number of hydrogen-bond donors (Lipinski definition) is 3. The highest BCUT2D eigenvalue weighted by Gasteiger charge is 2.30. The Bertz CT molecular complexity index is 520. The average Bonchev–Trinajstić information content (AvgIpc) is 2.27. The Hall–Kier alpha value is -1.90. The number of hydrogen-bond acceptors (Lipinski definition) is 3. The molecule has 1 aliphatic carbocycles. The van der Waals surface area contributed by atoms with E-state index in [0.29, 0.717) is 5.56 Å². The summed E-state index contributed by atoms with van der Waals surface area (Å²) in [5.74, 6) is -0.168. The van der Waals surface area contributed by atoms with Gasteiger partial charge in [0.05, 0.1) is 0 Å². The molecular weight excluding hydrogens is 240 g/mol. The minimum absolute atomic E-state index is 0.0697. The Morgan fingerprint density at radius 3 is 2.32 bits per heavy atom. The van der Waals surface area contributed by atoms with Crippen LogP contribution in [0.5, 0.6) is 17.2 Å². The Balaban J connectivity index is 2.54. The van der Waals surface area contributed by atoms with Crippen LogP contribution in [0.25, 0.3) is 0 Å². The van der Waals surface area contributed by atoms with E-state index in [0.717, 1.165) is 18.4 Å². The van der Waals surface area contributed by atoms with Crippen LogP contribution in [-0.2, 0) is 0 Å². The molecule has 0 saturated carbocycles. The molecule has 0 saturated heterocycles. The maximum absolute atomic E-state index is 10.0. The first-order chi connectivity index (χ1) is 8.90. The molecule has 19 heavy (non-hydrogen) atoms. The Kier molecular flexibility index (Phi) is 3.56. The highest BCUT2D eigenvalue weighted by atomic mass is 16.3. The van der Waals surface area contributed by atoms with Gasteiger partial charge in [-0.2, -0.15) is 0 Å². The molecular formula is C16H20O3. The van der Waals surface area contributed by atoms with Gasteiger partial charge in [0.2, 0.25) is 0 Å². The summed E-state index contributed by atoms with van der Waals surface area (Å²) in [5, 5.41) is 29.5. The molecule has 1 aromatic rings. The summed E-state index contributed by atoms with van der Waals surface area (Å²) in [5.41, 5.74) is 2.76. The molecule has 1 aromatic carbocycles. The quantitative estimate of drug-likeness (QED) is 0.708. The lowest BCUT2D eigenvalue weighted by atomic mass is 9.74. The van der Waals surface area contributed by atoms with Crippen molar-refractivity contribution in [3.05, 3.63) is 41.5 Å². The largest absolute Gasteiger partial charge is 0.508 e. The molecule has 0 amide bonds. The van der Waals surface area contributed by atoms with Crippen molar-refractivity contribution in [1.82, 2.24) is 0 Å². The monoisotopic (exact) mass is 260 g/mol. The molecule has 3 heteroatoms. The van der Waals surface area contributed by atoms with E-state index in [1.807, 2.05) is 6.92 Å². The van der Waals surface area contributed by atoms with Gasteiger partial charge in [-0.3, -0.25) is 0 Å². The van der Waals surface area contributed by atoms with Gasteiger partial charge in [-0.05, 0) is 32.6 Å². The number of rotatable bonds is 2. The second-order valence-electron chi connectivity index (χ2n) is 5.43. The summed E-state index contributed by atoms with van der Waals surface area (Å²) in [6.07, 6.45) is 4.05. The van der Waals surface area contributed by atoms with Gasteiger partial charge in [-0.25, -0.2) is 0 Å². The van der Waals surface area contributed by atoms with Gasteiger partial charge >= 0.3 is 0 Å². The minimum atomic E-state index is -0.137. The maximum Gasteiger partial charge on any atom is 0.126 e. The lowest BCUT2D eigenvalue weighted by Gasteiger charge is -2.31. The fourth-order valence-electron chi connectivity index (χ4n) is 2.86. The topological polar surface area (TPSA) is 60.7 Å². The standard InChI is InChI=1S/C16H20O3/c1-9(2)12-5-4-10(3)6-13(12)16-14(18)7-11(17)8-15(16)19/h6-8,12-13,17-19H,1,4-5H2,2-3H3/t12-,13-/m1/s1. The predicted octanol–water partition coefficient (Wildman–Crippen LogP) is 3.82. The van der Waals surface area contributed by atoms with E-state index in [1.165, 1.54) is 17.7 Å². The van der Waals surface area contributed by atoms with Gasteiger partial charge < -0.3 is 15.3 Å². The van der Waals surface area contributed by atoms with Crippen LogP contribution in [0.15, 0.2) is 35.9 Å². The summed E-state index contributed by atoms with van der Waals surface area (Å²) >= 11 is 0. The van der Waals surface area contributed by atoms with Gasteiger partial charge in [0.1, 0.15) is 17.2 Å². The highest BCUT2D eigenvalue weighted by Crippen LogP contribution is 2.47. The van der Waals surface area contributed by atoms with Gasteiger partial charge in [0, 0.05) is 23.6 Å². The van der Waals surface area contributed by atoms with Crippen LogP contribution in [0.3, 0.4) is 0 Å². The zero-order valence-electron chi connectivity index (χ0n) is 11.3. The summed E-state index contributed by atoms with van der Waals surface area (Å²) in [4.78, 5) is 0. The normalized spacial score (nSPS) is 22.9. The van der Waals surface area contributed by atoms with Crippen molar-refractivity contribution >= 4 is 0 Å². The van der Waals surface area contributed by atoms with Gasteiger partial charge in [0.15, 0.2) is 0 Å². The SMILES string of the molecule is C=C(C)[C@H]1CCC(C)=C[C@H]1c1c(O)cc(O)cc1O. The maximum atomic E-state index is 10.0. The number of phenolic OH excluding ortho intramolecular Hbond substituents is 3. The molecule has 102 valence electrons. The molecule has 2 rings (SSSR count). The first kappa shape index (κ1) is 13.5. The second kappa shape index (κ2) is 5.00. The zero-order valence-corrected chi connectivity index (χ0v) is 11.3. The van der Waals surface area contributed by atoms with E-state index in [4.69, 9.17) is 0 Å².